The third kappa shape index (κ3) is 4.38. The summed E-state index contributed by atoms with van der Waals surface area (Å²) in [6.07, 6.45) is 4.05. The lowest BCUT2D eigenvalue weighted by atomic mass is 10.1. The van der Waals surface area contributed by atoms with E-state index in [0.29, 0.717) is 29.9 Å². The van der Waals surface area contributed by atoms with E-state index in [1.165, 1.54) is 29.2 Å². The number of carbonyl (C=O) groups is 2. The number of ether oxygens (including phenoxy) is 1. The summed E-state index contributed by atoms with van der Waals surface area (Å²) in [7, 11) is 3.44. The Morgan fingerprint density at radius 3 is 2.87 bits per heavy atom. The monoisotopic (exact) mass is 446 g/mol. The molecular weight excluding hydrogens is 427 g/mol. The third-order valence-corrected chi connectivity index (χ3v) is 5.35. The van der Waals surface area contributed by atoms with E-state index in [2.05, 4.69) is 20.8 Å². The Hall–Kier alpha value is -3.40. The summed E-state index contributed by atoms with van der Waals surface area (Å²) in [5, 5.41) is 13.5. The van der Waals surface area contributed by atoms with Crippen molar-refractivity contribution < 1.29 is 18.7 Å². The van der Waals surface area contributed by atoms with Crippen LogP contribution >= 0.6 is 11.6 Å². The Bertz CT molecular complexity index is 1160. The number of fused-ring (bicyclic) bond motifs is 1. The molecule has 2 N–H and O–H groups in total. The number of rotatable bonds is 5. The predicted octanol–water partition coefficient (Wildman–Crippen LogP) is 3.11. The molecule has 1 unspecified atom stereocenters. The molecule has 11 heteroatoms. The van der Waals surface area contributed by atoms with E-state index in [1.54, 1.807) is 18.7 Å². The molecule has 0 saturated heterocycles. The Morgan fingerprint density at radius 2 is 2.16 bits per heavy atom. The van der Waals surface area contributed by atoms with Gasteiger partial charge in [0.2, 0.25) is 0 Å². The molecule has 1 aliphatic carbocycles. The largest absolute Gasteiger partial charge is 0.443 e. The number of aryl methyl sites for hydroxylation is 2. The van der Waals surface area contributed by atoms with E-state index in [1.807, 2.05) is 6.20 Å². The van der Waals surface area contributed by atoms with Gasteiger partial charge < -0.3 is 19.9 Å². The van der Waals surface area contributed by atoms with Gasteiger partial charge in [-0.05, 0) is 42.2 Å². The predicted molar refractivity (Wildman–Crippen MR) is 110 cm³/mol. The molecule has 2 amide bonds. The van der Waals surface area contributed by atoms with Gasteiger partial charge in [0, 0.05) is 26.0 Å². The molecule has 162 valence electrons. The molecule has 31 heavy (non-hydrogen) atoms. The minimum absolute atomic E-state index is 0.0158. The van der Waals surface area contributed by atoms with E-state index in [9.17, 15) is 14.0 Å². The van der Waals surface area contributed by atoms with Gasteiger partial charge in [0.25, 0.3) is 5.91 Å². The maximum absolute atomic E-state index is 13.4. The fourth-order valence-corrected chi connectivity index (χ4v) is 3.88. The fraction of sp³-hybridized carbons (Fsp3) is 0.300. The van der Waals surface area contributed by atoms with Gasteiger partial charge in [0.05, 0.1) is 17.3 Å². The number of hydrogen-bond acceptors (Lipinski definition) is 5. The Kier molecular flexibility index (Phi) is 5.64. The van der Waals surface area contributed by atoms with Crippen molar-refractivity contribution in [2.45, 2.75) is 25.5 Å². The Balaban J connectivity index is 1.43. The van der Waals surface area contributed by atoms with Gasteiger partial charge in [-0.25, -0.2) is 9.18 Å². The van der Waals surface area contributed by atoms with E-state index >= 15 is 0 Å². The number of alkyl carbamates (subject to hydrolysis) is 1. The number of anilines is 1. The minimum atomic E-state index is -0.570. The second-order valence-corrected chi connectivity index (χ2v) is 7.65. The molecule has 0 spiro atoms. The molecule has 3 aromatic rings. The number of carbonyl (C=O) groups excluding carboxylic acids is 2. The van der Waals surface area contributed by atoms with Crippen LogP contribution in [0.4, 0.5) is 14.9 Å². The van der Waals surface area contributed by atoms with Crippen LogP contribution in [0, 0.1) is 5.82 Å². The lowest BCUT2D eigenvalue weighted by Gasteiger charge is -2.12. The van der Waals surface area contributed by atoms with Crippen molar-refractivity contribution in [1.29, 1.82) is 0 Å². The zero-order valence-corrected chi connectivity index (χ0v) is 17.6. The lowest BCUT2D eigenvalue weighted by Crippen LogP contribution is -2.27. The molecule has 0 aliphatic heterocycles. The fourth-order valence-electron chi connectivity index (χ4n) is 3.70. The van der Waals surface area contributed by atoms with Crippen molar-refractivity contribution in [1.82, 2.24) is 24.9 Å². The first-order valence-electron chi connectivity index (χ1n) is 9.55. The number of amides is 2. The van der Waals surface area contributed by atoms with Gasteiger partial charge in [-0.3, -0.25) is 4.79 Å². The molecular formula is C20H20ClFN6O3. The maximum Gasteiger partial charge on any atom is 0.408 e. The van der Waals surface area contributed by atoms with E-state index in [4.69, 9.17) is 16.3 Å². The van der Waals surface area contributed by atoms with Crippen molar-refractivity contribution in [3.05, 3.63) is 63.9 Å². The summed E-state index contributed by atoms with van der Waals surface area (Å²) in [6.45, 7) is 0.0158. The van der Waals surface area contributed by atoms with Crippen LogP contribution in [0.5, 0.6) is 0 Å². The molecule has 4 rings (SSSR count). The molecule has 2 heterocycles. The summed E-state index contributed by atoms with van der Waals surface area (Å²) < 4.78 is 20.3. The smallest absolute Gasteiger partial charge is 0.408 e. The van der Waals surface area contributed by atoms with Gasteiger partial charge >= 0.3 is 6.09 Å². The van der Waals surface area contributed by atoms with Crippen LogP contribution in [0.1, 0.15) is 39.8 Å². The van der Waals surface area contributed by atoms with Crippen molar-refractivity contribution in [3.8, 4) is 0 Å². The number of nitrogens with one attached hydrogen (secondary N) is 2. The second-order valence-electron chi connectivity index (χ2n) is 7.24. The van der Waals surface area contributed by atoms with E-state index in [0.717, 1.165) is 11.1 Å². The summed E-state index contributed by atoms with van der Waals surface area (Å²) in [5.41, 5.74) is 3.14. The van der Waals surface area contributed by atoms with Gasteiger partial charge in [-0.15, -0.1) is 0 Å². The Labute approximate surface area is 182 Å². The van der Waals surface area contributed by atoms with Crippen molar-refractivity contribution in [2.75, 3.05) is 5.32 Å². The summed E-state index contributed by atoms with van der Waals surface area (Å²) in [5.74, 6) is -0.892. The SMILES string of the molecule is Cn1ncc(COC(=O)NC2CCc3c2cn(C)c3C(=O)Nc2ccc(F)c(Cl)c2)n1. The van der Waals surface area contributed by atoms with E-state index < -0.39 is 11.9 Å². The summed E-state index contributed by atoms with van der Waals surface area (Å²) in [4.78, 5) is 26.4. The molecule has 0 fully saturated rings. The van der Waals surface area contributed by atoms with Crippen LogP contribution in [-0.2, 0) is 31.9 Å². The van der Waals surface area contributed by atoms with Crippen LogP contribution in [0.25, 0.3) is 0 Å². The highest BCUT2D eigenvalue weighted by Gasteiger charge is 2.31. The van der Waals surface area contributed by atoms with E-state index in [-0.39, 0.29) is 23.6 Å². The standard InChI is InChI=1S/C20H20ClFN6O3/c1-27-9-14-13(18(27)19(29)24-11-3-5-16(22)15(21)7-11)4-6-17(14)25-20(30)31-10-12-8-23-28(2)26-12/h3,5,7-9,17H,4,6,10H2,1-2H3,(H,24,29)(H,25,30). The molecule has 0 bridgehead atoms. The normalized spacial score (nSPS) is 14.9. The van der Waals surface area contributed by atoms with Gasteiger partial charge in [-0.1, -0.05) is 11.6 Å². The zero-order valence-electron chi connectivity index (χ0n) is 16.9. The van der Waals surface area contributed by atoms with Gasteiger partial charge in [0.1, 0.15) is 23.8 Å². The average molecular weight is 447 g/mol. The Morgan fingerprint density at radius 1 is 1.35 bits per heavy atom. The third-order valence-electron chi connectivity index (χ3n) is 5.06. The molecule has 1 aromatic carbocycles. The molecule has 0 radical (unpaired) electrons. The second kappa shape index (κ2) is 8.38. The number of halogens is 2. The summed E-state index contributed by atoms with van der Waals surface area (Å²) in [6, 6.07) is 3.73. The highest BCUT2D eigenvalue weighted by molar-refractivity contribution is 6.31. The van der Waals surface area contributed by atoms with Crippen LogP contribution in [0.3, 0.4) is 0 Å². The van der Waals surface area contributed by atoms with Crippen molar-refractivity contribution in [3.63, 3.8) is 0 Å². The van der Waals surface area contributed by atoms with Crippen molar-refractivity contribution in [2.24, 2.45) is 14.1 Å². The zero-order chi connectivity index (χ0) is 22.1. The number of aromatic nitrogens is 4. The van der Waals surface area contributed by atoms with Crippen LogP contribution in [0.15, 0.2) is 30.6 Å². The quantitative estimate of drug-likeness (QED) is 0.626. The van der Waals surface area contributed by atoms with Gasteiger partial charge in [-0.2, -0.15) is 15.0 Å². The first kappa shape index (κ1) is 20.9. The van der Waals surface area contributed by atoms with Crippen LogP contribution < -0.4 is 10.6 Å². The molecule has 2 aromatic heterocycles. The van der Waals surface area contributed by atoms with Crippen LogP contribution in [0.2, 0.25) is 5.02 Å². The average Bonchev–Trinajstić information content (AvgIpc) is 3.39. The number of hydrogen-bond donors (Lipinski definition) is 2. The highest BCUT2D eigenvalue weighted by Crippen LogP contribution is 2.35. The number of nitrogens with zero attached hydrogens (tertiary/aromatic N) is 4. The maximum atomic E-state index is 13.4. The molecule has 1 atom stereocenters. The minimum Gasteiger partial charge on any atom is -0.443 e. The molecule has 9 nitrogen and oxygen atoms in total. The summed E-state index contributed by atoms with van der Waals surface area (Å²) >= 11 is 5.79. The topological polar surface area (TPSA) is 103 Å². The van der Waals surface area contributed by atoms with Crippen LogP contribution in [-0.4, -0.2) is 31.6 Å². The molecule has 1 aliphatic rings. The highest BCUT2D eigenvalue weighted by atomic mass is 35.5. The number of benzene rings is 1. The first-order valence-corrected chi connectivity index (χ1v) is 9.92. The van der Waals surface area contributed by atoms with Crippen molar-refractivity contribution >= 4 is 29.3 Å². The van der Waals surface area contributed by atoms with Gasteiger partial charge in [0.15, 0.2) is 0 Å². The first-order chi connectivity index (χ1) is 14.8. The lowest BCUT2D eigenvalue weighted by molar-refractivity contribution is 0.101. The molecule has 0 saturated carbocycles.